The van der Waals surface area contributed by atoms with E-state index in [2.05, 4.69) is 10.6 Å². The van der Waals surface area contributed by atoms with Crippen molar-refractivity contribution in [1.82, 2.24) is 10.2 Å². The van der Waals surface area contributed by atoms with Gasteiger partial charge in [0, 0.05) is 25.2 Å². The van der Waals surface area contributed by atoms with Gasteiger partial charge in [0.1, 0.15) is 0 Å². The summed E-state index contributed by atoms with van der Waals surface area (Å²) in [5, 5.41) is 5.55. The number of nitrogens with zero attached hydrogens (tertiary/aromatic N) is 1. The van der Waals surface area contributed by atoms with Crippen LogP contribution in [0.4, 0.5) is 23.7 Å². The molecule has 1 saturated heterocycles. The van der Waals surface area contributed by atoms with Crippen LogP contribution in [0.15, 0.2) is 24.3 Å². The number of hydrogen-bond donors (Lipinski definition) is 2. The van der Waals surface area contributed by atoms with Gasteiger partial charge in [0.05, 0.1) is 11.3 Å². The van der Waals surface area contributed by atoms with Gasteiger partial charge in [-0.25, -0.2) is 4.79 Å². The predicted octanol–water partition coefficient (Wildman–Crippen LogP) is 2.92. The van der Waals surface area contributed by atoms with Crippen LogP contribution in [0.1, 0.15) is 19.4 Å². The molecule has 116 valence electrons. The molecule has 7 heteroatoms. The largest absolute Gasteiger partial charge is 0.418 e. The van der Waals surface area contributed by atoms with Crippen molar-refractivity contribution < 1.29 is 18.0 Å². The zero-order valence-electron chi connectivity index (χ0n) is 11.9. The first-order valence-electron chi connectivity index (χ1n) is 6.77. The number of urea groups is 1. The van der Waals surface area contributed by atoms with Crippen molar-refractivity contribution in [2.45, 2.75) is 32.1 Å². The number of para-hydroxylation sites is 1. The Kier molecular flexibility index (Phi) is 4.41. The number of carbonyl (C=O) groups is 1. The lowest BCUT2D eigenvalue weighted by Gasteiger charge is -2.39. The molecular formula is C14H18F3N3O. The molecule has 2 N–H and O–H groups in total. The molecule has 2 atom stereocenters. The molecule has 1 aromatic carbocycles. The van der Waals surface area contributed by atoms with Crippen LogP contribution in [-0.2, 0) is 6.18 Å². The number of nitrogens with one attached hydrogen (secondary N) is 2. The monoisotopic (exact) mass is 301 g/mol. The Bertz CT molecular complexity index is 508. The summed E-state index contributed by atoms with van der Waals surface area (Å²) in [7, 11) is 0. The maximum atomic E-state index is 12.9. The highest BCUT2D eigenvalue weighted by Gasteiger charge is 2.35. The summed E-state index contributed by atoms with van der Waals surface area (Å²) in [6.07, 6.45) is -4.50. The number of amides is 2. The smallest absolute Gasteiger partial charge is 0.317 e. The van der Waals surface area contributed by atoms with Gasteiger partial charge < -0.3 is 15.5 Å². The van der Waals surface area contributed by atoms with Crippen LogP contribution < -0.4 is 10.6 Å². The van der Waals surface area contributed by atoms with Crippen molar-refractivity contribution in [3.05, 3.63) is 29.8 Å². The number of alkyl halides is 3. The quantitative estimate of drug-likeness (QED) is 0.837. The highest BCUT2D eigenvalue weighted by Crippen LogP contribution is 2.34. The highest BCUT2D eigenvalue weighted by atomic mass is 19.4. The second kappa shape index (κ2) is 5.93. The lowest BCUT2D eigenvalue weighted by Crippen LogP contribution is -2.58. The number of hydrogen-bond acceptors (Lipinski definition) is 2. The molecule has 0 saturated carbocycles. The van der Waals surface area contributed by atoms with E-state index in [9.17, 15) is 18.0 Å². The maximum absolute atomic E-state index is 12.9. The summed E-state index contributed by atoms with van der Waals surface area (Å²) >= 11 is 0. The van der Waals surface area contributed by atoms with Gasteiger partial charge >= 0.3 is 12.2 Å². The molecule has 0 radical (unpaired) electrons. The van der Waals surface area contributed by atoms with E-state index in [4.69, 9.17) is 0 Å². The molecule has 0 bridgehead atoms. The molecule has 21 heavy (non-hydrogen) atoms. The molecule has 0 aromatic heterocycles. The van der Waals surface area contributed by atoms with E-state index in [1.165, 1.54) is 18.2 Å². The third kappa shape index (κ3) is 3.47. The van der Waals surface area contributed by atoms with Crippen molar-refractivity contribution in [1.29, 1.82) is 0 Å². The van der Waals surface area contributed by atoms with Crippen LogP contribution in [0.25, 0.3) is 0 Å². The van der Waals surface area contributed by atoms with Crippen LogP contribution in [-0.4, -0.2) is 36.1 Å². The number of rotatable bonds is 1. The summed E-state index contributed by atoms with van der Waals surface area (Å²) in [4.78, 5) is 13.9. The van der Waals surface area contributed by atoms with Gasteiger partial charge in [0.15, 0.2) is 0 Å². The minimum absolute atomic E-state index is 0.0770. The standard InChI is InChI=1S/C14H18F3N3O/c1-9-7-18-8-10(2)20(9)13(21)19-12-6-4-3-5-11(12)14(15,16)17/h3-6,9-10,18H,7-8H2,1-2H3,(H,19,21). The second-order valence-corrected chi connectivity index (χ2v) is 5.24. The van der Waals surface area contributed by atoms with E-state index in [-0.39, 0.29) is 17.8 Å². The summed E-state index contributed by atoms with van der Waals surface area (Å²) in [5.41, 5.74) is -1.05. The Hall–Kier alpha value is -1.76. The molecule has 2 amide bonds. The van der Waals surface area contributed by atoms with Crippen LogP contribution in [0, 0.1) is 0 Å². The molecule has 4 nitrogen and oxygen atoms in total. The Morgan fingerprint density at radius 3 is 2.38 bits per heavy atom. The Labute approximate surface area is 121 Å². The van der Waals surface area contributed by atoms with E-state index in [0.29, 0.717) is 13.1 Å². The lowest BCUT2D eigenvalue weighted by molar-refractivity contribution is -0.136. The normalized spacial score (nSPS) is 23.0. The van der Waals surface area contributed by atoms with Gasteiger partial charge in [-0.1, -0.05) is 12.1 Å². The minimum Gasteiger partial charge on any atom is -0.317 e. The second-order valence-electron chi connectivity index (χ2n) is 5.24. The number of halogens is 3. The lowest BCUT2D eigenvalue weighted by atomic mass is 10.1. The molecular weight excluding hydrogens is 283 g/mol. The summed E-state index contributed by atoms with van der Waals surface area (Å²) in [5.74, 6) is 0. The highest BCUT2D eigenvalue weighted by molar-refractivity contribution is 5.90. The molecule has 1 heterocycles. The molecule has 0 spiro atoms. The Morgan fingerprint density at radius 1 is 1.24 bits per heavy atom. The van der Waals surface area contributed by atoms with E-state index < -0.39 is 17.8 Å². The molecule has 1 aromatic rings. The van der Waals surface area contributed by atoms with Crippen molar-refractivity contribution in [2.75, 3.05) is 18.4 Å². The summed E-state index contributed by atoms with van der Waals surface area (Å²) in [6.45, 7) is 4.97. The number of carbonyl (C=O) groups excluding carboxylic acids is 1. The summed E-state index contributed by atoms with van der Waals surface area (Å²) in [6, 6.07) is 4.33. The van der Waals surface area contributed by atoms with Crippen LogP contribution >= 0.6 is 0 Å². The first-order chi connectivity index (χ1) is 9.80. The number of piperazine rings is 1. The van der Waals surface area contributed by atoms with Crippen molar-refractivity contribution in [3.63, 3.8) is 0 Å². The fourth-order valence-electron chi connectivity index (χ4n) is 2.55. The SMILES string of the molecule is CC1CNCC(C)N1C(=O)Nc1ccccc1C(F)(F)F. The third-order valence-electron chi connectivity index (χ3n) is 3.54. The number of anilines is 1. The van der Waals surface area contributed by atoms with Crippen molar-refractivity contribution in [2.24, 2.45) is 0 Å². The third-order valence-corrected chi connectivity index (χ3v) is 3.54. The summed E-state index contributed by atoms with van der Waals surface area (Å²) < 4.78 is 38.8. The first-order valence-corrected chi connectivity index (χ1v) is 6.77. The van der Waals surface area contributed by atoms with Gasteiger partial charge in [-0.05, 0) is 26.0 Å². The molecule has 2 rings (SSSR count). The zero-order chi connectivity index (χ0) is 15.6. The van der Waals surface area contributed by atoms with Gasteiger partial charge in [-0.3, -0.25) is 0 Å². The Balaban J connectivity index is 2.20. The van der Waals surface area contributed by atoms with Gasteiger partial charge in [-0.15, -0.1) is 0 Å². The maximum Gasteiger partial charge on any atom is 0.418 e. The molecule has 2 unspecified atom stereocenters. The zero-order valence-corrected chi connectivity index (χ0v) is 11.9. The average Bonchev–Trinajstić information content (AvgIpc) is 2.37. The molecule has 0 aliphatic carbocycles. The van der Waals surface area contributed by atoms with Gasteiger partial charge in [-0.2, -0.15) is 13.2 Å². The fraction of sp³-hybridized carbons (Fsp3) is 0.500. The van der Waals surface area contributed by atoms with Crippen molar-refractivity contribution in [3.8, 4) is 0 Å². The minimum atomic E-state index is -4.50. The van der Waals surface area contributed by atoms with Gasteiger partial charge in [0.25, 0.3) is 0 Å². The van der Waals surface area contributed by atoms with Crippen LogP contribution in [0.5, 0.6) is 0 Å². The number of benzene rings is 1. The average molecular weight is 301 g/mol. The van der Waals surface area contributed by atoms with Crippen LogP contribution in [0.2, 0.25) is 0 Å². The predicted molar refractivity (Wildman–Crippen MR) is 74.1 cm³/mol. The van der Waals surface area contributed by atoms with E-state index in [0.717, 1.165) is 6.07 Å². The molecule has 1 fully saturated rings. The van der Waals surface area contributed by atoms with E-state index in [1.807, 2.05) is 13.8 Å². The molecule has 1 aliphatic rings. The van der Waals surface area contributed by atoms with Crippen molar-refractivity contribution >= 4 is 11.7 Å². The van der Waals surface area contributed by atoms with Crippen LogP contribution in [0.3, 0.4) is 0 Å². The van der Waals surface area contributed by atoms with E-state index >= 15 is 0 Å². The van der Waals surface area contributed by atoms with E-state index in [1.54, 1.807) is 4.90 Å². The first kappa shape index (κ1) is 15.6. The topological polar surface area (TPSA) is 44.4 Å². The molecule has 1 aliphatic heterocycles. The Morgan fingerprint density at radius 2 is 1.81 bits per heavy atom. The van der Waals surface area contributed by atoms with Gasteiger partial charge in [0.2, 0.25) is 0 Å². The fourth-order valence-corrected chi connectivity index (χ4v) is 2.55.